The molecule has 0 saturated carbocycles. The quantitative estimate of drug-likeness (QED) is 0.702. The van der Waals surface area contributed by atoms with Crippen LogP contribution in [0.15, 0.2) is 47.4 Å². The first-order valence-corrected chi connectivity index (χ1v) is 12.6. The lowest BCUT2D eigenvalue weighted by Crippen LogP contribution is -2.38. The summed E-state index contributed by atoms with van der Waals surface area (Å²) in [6.45, 7) is 2.38. The smallest absolute Gasteiger partial charge is 0.180 e. The van der Waals surface area contributed by atoms with Gasteiger partial charge in [0.15, 0.2) is 9.84 Å². The van der Waals surface area contributed by atoms with Crippen molar-refractivity contribution in [3.05, 3.63) is 58.6 Å². The molecule has 1 unspecified atom stereocenters. The van der Waals surface area contributed by atoms with Crippen LogP contribution in [0.1, 0.15) is 24.0 Å². The highest BCUT2D eigenvalue weighted by Gasteiger charge is 2.31. The average molecular weight is 450 g/mol. The molecule has 1 saturated heterocycles. The Hall–Kier alpha value is -1.60. The summed E-state index contributed by atoms with van der Waals surface area (Å²) in [4.78, 5) is 2.80. The minimum atomic E-state index is -3.42. The molecule has 2 aromatic rings. The van der Waals surface area contributed by atoms with Gasteiger partial charge in [-0.15, -0.1) is 0 Å². The van der Waals surface area contributed by atoms with E-state index in [4.69, 9.17) is 21.4 Å². The van der Waals surface area contributed by atoms with E-state index in [1.54, 1.807) is 24.3 Å². The van der Waals surface area contributed by atoms with Crippen molar-refractivity contribution in [2.45, 2.75) is 36.6 Å². The van der Waals surface area contributed by atoms with E-state index in [0.717, 1.165) is 37.4 Å². The van der Waals surface area contributed by atoms with Gasteiger partial charge in [-0.3, -0.25) is 4.90 Å². The Morgan fingerprint density at radius 3 is 2.67 bits per heavy atom. The van der Waals surface area contributed by atoms with Gasteiger partial charge in [0.05, 0.1) is 23.9 Å². The molecule has 162 valence electrons. The Kier molecular flexibility index (Phi) is 6.68. The van der Waals surface area contributed by atoms with E-state index < -0.39 is 9.84 Å². The molecule has 2 aliphatic rings. The molecule has 0 aromatic heterocycles. The number of hydrogen-bond donors (Lipinski definition) is 1. The molecule has 0 bridgehead atoms. The molecule has 7 heteroatoms. The van der Waals surface area contributed by atoms with Gasteiger partial charge >= 0.3 is 0 Å². The number of aliphatic hydroxyl groups is 1. The van der Waals surface area contributed by atoms with Crippen LogP contribution in [0, 0.1) is 5.92 Å². The molecule has 0 spiro atoms. The molecule has 1 fully saturated rings. The van der Waals surface area contributed by atoms with Crippen LogP contribution in [0.3, 0.4) is 0 Å². The number of nitrogens with zero attached hydrogens (tertiary/aromatic N) is 1. The third kappa shape index (κ3) is 4.99. The normalized spacial score (nSPS) is 22.1. The van der Waals surface area contributed by atoms with Gasteiger partial charge in [0.25, 0.3) is 0 Å². The summed E-state index contributed by atoms with van der Waals surface area (Å²) in [6, 6.07) is 13.3. The third-order valence-corrected chi connectivity index (χ3v) is 8.18. The first-order chi connectivity index (χ1) is 14.4. The maximum absolute atomic E-state index is 12.0. The van der Waals surface area contributed by atoms with Crippen molar-refractivity contribution in [3.63, 3.8) is 0 Å². The second-order valence-corrected chi connectivity index (χ2v) is 10.8. The van der Waals surface area contributed by atoms with E-state index >= 15 is 0 Å². The van der Waals surface area contributed by atoms with E-state index in [0.29, 0.717) is 24.3 Å². The Labute approximate surface area is 183 Å². The van der Waals surface area contributed by atoms with Crippen molar-refractivity contribution in [1.82, 2.24) is 4.90 Å². The summed E-state index contributed by atoms with van der Waals surface area (Å²) in [5.41, 5.74) is 2.81. The monoisotopic (exact) mass is 449 g/mol. The average Bonchev–Trinajstić information content (AvgIpc) is 3.21. The number of hydrogen-bond acceptors (Lipinski definition) is 5. The Morgan fingerprint density at radius 1 is 1.10 bits per heavy atom. The largest absolute Gasteiger partial charge is 0.493 e. The van der Waals surface area contributed by atoms with Gasteiger partial charge in [0, 0.05) is 23.5 Å². The molecule has 5 nitrogen and oxygen atoms in total. The number of aryl methyl sites for hydroxylation is 1. The van der Waals surface area contributed by atoms with Crippen LogP contribution in [0.25, 0.3) is 0 Å². The lowest BCUT2D eigenvalue weighted by molar-refractivity contribution is 0.195. The first kappa shape index (κ1) is 21.6. The molecule has 4 rings (SSSR count). The van der Waals surface area contributed by atoms with Crippen molar-refractivity contribution >= 4 is 21.4 Å². The van der Waals surface area contributed by atoms with E-state index in [1.165, 1.54) is 17.5 Å². The molecule has 1 aliphatic heterocycles. The van der Waals surface area contributed by atoms with E-state index in [2.05, 4.69) is 17.0 Å². The third-order valence-electron chi connectivity index (χ3n) is 6.23. The fourth-order valence-corrected chi connectivity index (χ4v) is 5.77. The number of ether oxygens (including phenoxy) is 1. The highest BCUT2D eigenvalue weighted by Crippen LogP contribution is 2.30. The Balaban J connectivity index is 1.29. The molecule has 0 amide bonds. The van der Waals surface area contributed by atoms with Gasteiger partial charge < -0.3 is 9.84 Å². The second-order valence-electron chi connectivity index (χ2n) is 8.28. The zero-order chi connectivity index (χ0) is 21.1. The maximum Gasteiger partial charge on any atom is 0.180 e. The van der Waals surface area contributed by atoms with Crippen LogP contribution in [0.2, 0.25) is 5.02 Å². The van der Waals surface area contributed by atoms with E-state index in [-0.39, 0.29) is 17.3 Å². The van der Waals surface area contributed by atoms with Crippen molar-refractivity contribution in [1.29, 1.82) is 0 Å². The van der Waals surface area contributed by atoms with Crippen molar-refractivity contribution in [2.75, 3.05) is 32.1 Å². The number of likely N-dealkylation sites (tertiary alicyclic amines) is 1. The Bertz CT molecular complexity index is 977. The van der Waals surface area contributed by atoms with Gasteiger partial charge in [0.1, 0.15) is 5.75 Å². The predicted octanol–water partition coefficient (Wildman–Crippen LogP) is 3.36. The predicted molar refractivity (Wildman–Crippen MR) is 118 cm³/mol. The maximum atomic E-state index is 12.0. The van der Waals surface area contributed by atoms with E-state index in [9.17, 15) is 8.42 Å². The fourth-order valence-electron chi connectivity index (χ4n) is 4.54. The second kappa shape index (κ2) is 9.27. The molecule has 30 heavy (non-hydrogen) atoms. The molecular formula is C23H28ClNO4S. The number of sulfone groups is 1. The summed E-state index contributed by atoms with van der Waals surface area (Å²) < 4.78 is 29.9. The zero-order valence-electron chi connectivity index (χ0n) is 17.0. The van der Waals surface area contributed by atoms with E-state index in [1.807, 2.05) is 6.07 Å². The highest BCUT2D eigenvalue weighted by atomic mass is 35.5. The van der Waals surface area contributed by atoms with Crippen molar-refractivity contribution < 1.29 is 18.3 Å². The number of benzene rings is 2. The molecule has 1 N–H and O–H groups in total. The number of halogens is 1. The molecule has 1 aliphatic carbocycles. The molecule has 1 heterocycles. The van der Waals surface area contributed by atoms with Gasteiger partial charge in [-0.25, -0.2) is 8.42 Å². The minimum Gasteiger partial charge on any atom is -0.493 e. The lowest BCUT2D eigenvalue weighted by Gasteiger charge is -2.32. The lowest BCUT2D eigenvalue weighted by atomic mass is 9.87. The van der Waals surface area contributed by atoms with Gasteiger partial charge in [-0.05, 0) is 79.8 Å². The topological polar surface area (TPSA) is 66.8 Å². The fraction of sp³-hybridized carbons (Fsp3) is 0.478. The van der Waals surface area contributed by atoms with Gasteiger partial charge in [0.2, 0.25) is 0 Å². The molecule has 2 aromatic carbocycles. The summed E-state index contributed by atoms with van der Waals surface area (Å²) in [5.74, 6) is 0.893. The van der Waals surface area contributed by atoms with Crippen LogP contribution >= 0.6 is 11.6 Å². The SMILES string of the molecule is O=S(=O)(CCO)c1ccc(OC[C@H]2CCN(C3CCc4ccc(Cl)cc4C3)C2)cc1. The van der Waals surface area contributed by atoms with Crippen molar-refractivity contribution in [2.24, 2.45) is 5.92 Å². The Morgan fingerprint density at radius 2 is 1.90 bits per heavy atom. The summed E-state index contributed by atoms with van der Waals surface area (Å²) in [7, 11) is -3.42. The van der Waals surface area contributed by atoms with Gasteiger partial charge in [-0.2, -0.15) is 0 Å². The summed E-state index contributed by atoms with van der Waals surface area (Å²) in [6.07, 6.45) is 4.47. The van der Waals surface area contributed by atoms with Gasteiger partial charge in [-0.1, -0.05) is 17.7 Å². The number of rotatable bonds is 7. The molecule has 0 radical (unpaired) electrons. The van der Waals surface area contributed by atoms with Crippen molar-refractivity contribution in [3.8, 4) is 5.75 Å². The highest BCUT2D eigenvalue weighted by molar-refractivity contribution is 7.91. The van der Waals surface area contributed by atoms with Crippen LogP contribution in [-0.4, -0.2) is 56.5 Å². The standard InChI is InChI=1S/C23H28ClNO4S/c24-20-3-1-18-2-4-21(14-19(18)13-20)25-10-9-17(15-25)16-29-22-5-7-23(8-6-22)30(27,28)12-11-26/h1,3,5-8,13,17,21,26H,2,4,9-12,14-16H2/t17-,21?/m0/s1. The summed E-state index contributed by atoms with van der Waals surface area (Å²) >= 11 is 6.18. The number of fused-ring (bicyclic) bond motifs is 1. The number of aliphatic hydroxyl groups excluding tert-OH is 1. The van der Waals surface area contributed by atoms with Crippen LogP contribution in [-0.2, 0) is 22.7 Å². The zero-order valence-corrected chi connectivity index (χ0v) is 18.5. The summed E-state index contributed by atoms with van der Waals surface area (Å²) in [5, 5.41) is 9.70. The van der Waals surface area contributed by atoms with Crippen LogP contribution < -0.4 is 4.74 Å². The minimum absolute atomic E-state index is 0.216. The van der Waals surface area contributed by atoms with Crippen LogP contribution in [0.5, 0.6) is 5.75 Å². The molecule has 2 atom stereocenters. The molecular weight excluding hydrogens is 422 g/mol. The van der Waals surface area contributed by atoms with Crippen LogP contribution in [0.4, 0.5) is 0 Å². The first-order valence-electron chi connectivity index (χ1n) is 10.5.